The third-order valence-electron chi connectivity index (χ3n) is 3.61. The van der Waals surface area contributed by atoms with E-state index in [1.165, 1.54) is 18.2 Å². The maximum absolute atomic E-state index is 12.8. The van der Waals surface area contributed by atoms with E-state index in [2.05, 4.69) is 10.1 Å². The molecule has 2 aromatic carbocycles. The van der Waals surface area contributed by atoms with Crippen LogP contribution in [0.5, 0.6) is 0 Å². The maximum atomic E-state index is 12.8. The summed E-state index contributed by atoms with van der Waals surface area (Å²) in [6.07, 6.45) is -3.18. The molecule has 3 rings (SSSR count). The van der Waals surface area contributed by atoms with Gasteiger partial charge in [-0.3, -0.25) is 0 Å². The van der Waals surface area contributed by atoms with Crippen LogP contribution in [0, 0.1) is 18.3 Å². The molecule has 0 unspecified atom stereocenters. The Morgan fingerprint density at radius 3 is 2.54 bits per heavy atom. The second-order valence-electron chi connectivity index (χ2n) is 5.58. The van der Waals surface area contributed by atoms with E-state index in [1.807, 2.05) is 37.3 Å². The van der Waals surface area contributed by atoms with Gasteiger partial charge in [0.25, 0.3) is 5.89 Å². The van der Waals surface area contributed by atoms with E-state index < -0.39 is 11.7 Å². The van der Waals surface area contributed by atoms with Crippen molar-refractivity contribution < 1.29 is 17.7 Å². The largest absolute Gasteiger partial charge is 0.416 e. The molecule has 26 heavy (non-hydrogen) atoms. The summed E-state index contributed by atoms with van der Waals surface area (Å²) in [6.45, 7) is 1.94. The van der Waals surface area contributed by atoms with Gasteiger partial charge >= 0.3 is 6.18 Å². The zero-order valence-corrected chi connectivity index (χ0v) is 13.6. The number of hydrogen-bond acceptors (Lipinski definition) is 4. The van der Waals surface area contributed by atoms with E-state index in [4.69, 9.17) is 4.52 Å². The predicted molar refractivity (Wildman–Crippen MR) is 89.4 cm³/mol. The van der Waals surface area contributed by atoms with Crippen LogP contribution in [0.4, 0.5) is 13.2 Å². The van der Waals surface area contributed by atoms with Gasteiger partial charge in [-0.2, -0.15) is 23.4 Å². The summed E-state index contributed by atoms with van der Waals surface area (Å²) in [6, 6.07) is 13.9. The van der Waals surface area contributed by atoms with Crippen LogP contribution in [-0.2, 0) is 6.18 Å². The zero-order chi connectivity index (χ0) is 18.7. The minimum absolute atomic E-state index is 0.0183. The Morgan fingerprint density at radius 2 is 1.88 bits per heavy atom. The van der Waals surface area contributed by atoms with E-state index in [-0.39, 0.29) is 17.0 Å². The topological polar surface area (TPSA) is 62.7 Å². The first kappa shape index (κ1) is 17.4. The van der Waals surface area contributed by atoms with Gasteiger partial charge in [-0.25, -0.2) is 0 Å². The molecule has 130 valence electrons. The molecule has 0 bridgehead atoms. The van der Waals surface area contributed by atoms with Crippen LogP contribution in [0.3, 0.4) is 0 Å². The van der Waals surface area contributed by atoms with Crippen molar-refractivity contribution >= 4 is 11.6 Å². The highest BCUT2D eigenvalue weighted by Crippen LogP contribution is 2.30. The smallest absolute Gasteiger partial charge is 0.333 e. The van der Waals surface area contributed by atoms with Crippen LogP contribution >= 0.6 is 0 Å². The SMILES string of the molecule is Cc1ccc(-c2noc(/C(C#N)=C/c3cccc(C(F)(F)F)c3)n2)cc1. The average molecular weight is 355 g/mol. The number of aryl methyl sites for hydroxylation is 1. The molecule has 0 saturated heterocycles. The summed E-state index contributed by atoms with van der Waals surface area (Å²) >= 11 is 0. The molecule has 0 aliphatic rings. The van der Waals surface area contributed by atoms with Gasteiger partial charge < -0.3 is 4.52 Å². The Hall–Kier alpha value is -3.40. The Bertz CT molecular complexity index is 996. The lowest BCUT2D eigenvalue weighted by Crippen LogP contribution is -2.04. The molecule has 0 radical (unpaired) electrons. The van der Waals surface area contributed by atoms with Crippen LogP contribution in [0.25, 0.3) is 23.0 Å². The number of alkyl halides is 3. The minimum Gasteiger partial charge on any atom is -0.333 e. The lowest BCUT2D eigenvalue weighted by Gasteiger charge is -2.06. The van der Waals surface area contributed by atoms with Gasteiger partial charge in [0.05, 0.1) is 5.56 Å². The number of hydrogen-bond donors (Lipinski definition) is 0. The van der Waals surface area contributed by atoms with E-state index >= 15 is 0 Å². The van der Waals surface area contributed by atoms with E-state index in [1.54, 1.807) is 0 Å². The molecule has 0 N–H and O–H groups in total. The molecule has 7 heteroatoms. The van der Waals surface area contributed by atoms with Crippen molar-refractivity contribution in [3.63, 3.8) is 0 Å². The molecule has 1 aromatic heterocycles. The Labute approximate surface area is 147 Å². The van der Waals surface area contributed by atoms with Crippen molar-refractivity contribution in [3.8, 4) is 17.5 Å². The molecule has 0 amide bonds. The van der Waals surface area contributed by atoms with Crippen molar-refractivity contribution in [1.29, 1.82) is 5.26 Å². The highest BCUT2D eigenvalue weighted by atomic mass is 19.4. The first-order valence-electron chi connectivity index (χ1n) is 7.57. The van der Waals surface area contributed by atoms with E-state index in [9.17, 15) is 18.4 Å². The van der Waals surface area contributed by atoms with Gasteiger partial charge in [0.15, 0.2) is 0 Å². The zero-order valence-electron chi connectivity index (χ0n) is 13.6. The minimum atomic E-state index is -4.46. The monoisotopic (exact) mass is 355 g/mol. The Morgan fingerprint density at radius 1 is 1.15 bits per heavy atom. The average Bonchev–Trinajstić information content (AvgIpc) is 3.10. The number of aromatic nitrogens is 2. The van der Waals surface area contributed by atoms with Gasteiger partial charge in [-0.15, -0.1) is 0 Å². The molecule has 3 aromatic rings. The number of rotatable bonds is 3. The first-order valence-corrected chi connectivity index (χ1v) is 7.57. The maximum Gasteiger partial charge on any atom is 0.416 e. The van der Waals surface area contributed by atoms with E-state index in [0.717, 1.165) is 17.7 Å². The van der Waals surface area contributed by atoms with Gasteiger partial charge in [-0.1, -0.05) is 47.1 Å². The van der Waals surface area contributed by atoms with Crippen molar-refractivity contribution in [2.45, 2.75) is 13.1 Å². The third kappa shape index (κ3) is 3.81. The molecular weight excluding hydrogens is 343 g/mol. The summed E-state index contributed by atoms with van der Waals surface area (Å²) < 4.78 is 43.5. The third-order valence-corrected chi connectivity index (χ3v) is 3.61. The van der Waals surface area contributed by atoms with Crippen LogP contribution in [0.15, 0.2) is 53.1 Å². The van der Waals surface area contributed by atoms with Gasteiger partial charge in [-0.05, 0) is 30.7 Å². The summed E-state index contributed by atoms with van der Waals surface area (Å²) in [5.41, 5.74) is 1.18. The standard InChI is InChI=1S/C19H12F3N3O/c1-12-5-7-14(8-6-12)17-24-18(26-25-17)15(11-23)9-13-3-2-4-16(10-13)19(20,21)22/h2-10H,1H3/b15-9+. The summed E-state index contributed by atoms with van der Waals surface area (Å²) in [5.74, 6) is 0.241. The van der Waals surface area contributed by atoms with Crippen LogP contribution in [-0.4, -0.2) is 10.1 Å². The number of halogens is 3. The van der Waals surface area contributed by atoms with Crippen LogP contribution in [0.2, 0.25) is 0 Å². The van der Waals surface area contributed by atoms with Crippen LogP contribution < -0.4 is 0 Å². The Balaban J connectivity index is 1.94. The number of allylic oxidation sites excluding steroid dienone is 1. The van der Waals surface area contributed by atoms with Gasteiger partial charge in [0.2, 0.25) is 5.82 Å². The molecule has 1 heterocycles. The number of nitrogens with zero attached hydrogens (tertiary/aromatic N) is 3. The van der Waals surface area contributed by atoms with Crippen molar-refractivity contribution in [3.05, 3.63) is 71.1 Å². The molecular formula is C19H12F3N3O. The summed E-state index contributed by atoms with van der Waals surface area (Å²) in [5, 5.41) is 13.1. The first-order chi connectivity index (χ1) is 12.4. The fourth-order valence-corrected chi connectivity index (χ4v) is 2.27. The molecule has 0 atom stereocenters. The fraction of sp³-hybridized carbons (Fsp3) is 0.105. The molecule has 0 fully saturated rings. The summed E-state index contributed by atoms with van der Waals surface area (Å²) in [4.78, 5) is 4.16. The second kappa shape index (κ2) is 6.84. The van der Waals surface area contributed by atoms with Crippen molar-refractivity contribution in [2.24, 2.45) is 0 Å². The van der Waals surface area contributed by atoms with Crippen LogP contribution in [0.1, 0.15) is 22.6 Å². The fourth-order valence-electron chi connectivity index (χ4n) is 2.27. The predicted octanol–water partition coefficient (Wildman–Crippen LogP) is 5.13. The molecule has 4 nitrogen and oxygen atoms in total. The van der Waals surface area contributed by atoms with Crippen molar-refractivity contribution in [2.75, 3.05) is 0 Å². The quantitative estimate of drug-likeness (QED) is 0.611. The Kier molecular flexibility index (Phi) is 4.59. The molecule has 0 saturated carbocycles. The molecule has 0 aliphatic heterocycles. The van der Waals surface area contributed by atoms with Crippen molar-refractivity contribution in [1.82, 2.24) is 10.1 Å². The second-order valence-corrected chi connectivity index (χ2v) is 5.58. The molecule has 0 spiro atoms. The summed E-state index contributed by atoms with van der Waals surface area (Å²) in [7, 11) is 0. The van der Waals surface area contributed by atoms with Gasteiger partial charge in [0.1, 0.15) is 11.6 Å². The van der Waals surface area contributed by atoms with Gasteiger partial charge in [0, 0.05) is 5.56 Å². The lowest BCUT2D eigenvalue weighted by atomic mass is 10.1. The number of benzene rings is 2. The highest BCUT2D eigenvalue weighted by Gasteiger charge is 2.30. The van der Waals surface area contributed by atoms with E-state index in [0.29, 0.717) is 11.4 Å². The molecule has 0 aliphatic carbocycles. The normalized spacial score (nSPS) is 12.0. The highest BCUT2D eigenvalue weighted by molar-refractivity contribution is 5.86. The number of nitriles is 1. The lowest BCUT2D eigenvalue weighted by molar-refractivity contribution is -0.137.